The molecule has 0 spiro atoms. The number of likely N-dealkylation sites (tertiary alicyclic amines) is 1. The highest BCUT2D eigenvalue weighted by Gasteiger charge is 2.37. The second kappa shape index (κ2) is 5.50. The van der Waals surface area contributed by atoms with E-state index in [0.29, 0.717) is 0 Å². The van der Waals surface area contributed by atoms with Crippen molar-refractivity contribution in [2.24, 2.45) is 11.3 Å². The maximum Gasteiger partial charge on any atom is 0.0212 e. The fourth-order valence-corrected chi connectivity index (χ4v) is 2.84. The lowest BCUT2D eigenvalue weighted by atomic mass is 9.70. The van der Waals surface area contributed by atoms with E-state index < -0.39 is 0 Å². The Kier molecular flexibility index (Phi) is 4.59. The lowest BCUT2D eigenvalue weighted by Gasteiger charge is -2.45. The normalized spacial score (nSPS) is 26.1. The number of nitrogens with zero attached hydrogens (tertiary/aromatic N) is 1. The molecule has 1 fully saturated rings. The van der Waals surface area contributed by atoms with Gasteiger partial charge in [-0.2, -0.15) is 0 Å². The predicted octanol–water partition coefficient (Wildman–Crippen LogP) is 3.49. The largest absolute Gasteiger partial charge is 0.302 e. The second-order valence-electron chi connectivity index (χ2n) is 4.69. The summed E-state index contributed by atoms with van der Waals surface area (Å²) in [6.07, 6.45) is 8.00. The average Bonchev–Trinajstić information content (AvgIpc) is 2.29. The van der Waals surface area contributed by atoms with Crippen LogP contribution in [0.5, 0.6) is 0 Å². The van der Waals surface area contributed by atoms with Gasteiger partial charge < -0.3 is 4.90 Å². The third kappa shape index (κ3) is 2.52. The fourth-order valence-electron chi connectivity index (χ4n) is 2.84. The maximum absolute atomic E-state index is 4.02. The van der Waals surface area contributed by atoms with Gasteiger partial charge in [-0.15, -0.1) is 13.2 Å². The zero-order valence-corrected chi connectivity index (χ0v) is 10.3. The Morgan fingerprint density at radius 3 is 2.47 bits per heavy atom. The van der Waals surface area contributed by atoms with Gasteiger partial charge in [-0.3, -0.25) is 0 Å². The predicted molar refractivity (Wildman–Crippen MR) is 68.0 cm³/mol. The number of hydrogen-bond acceptors (Lipinski definition) is 1. The van der Waals surface area contributed by atoms with E-state index in [0.717, 1.165) is 12.5 Å². The Balaban J connectivity index is 2.76. The van der Waals surface area contributed by atoms with Crippen LogP contribution in [0.25, 0.3) is 0 Å². The molecular formula is C14H25N. The first kappa shape index (κ1) is 12.5. The molecule has 1 aliphatic heterocycles. The molecule has 1 nitrogen and oxygen atoms in total. The summed E-state index contributed by atoms with van der Waals surface area (Å²) in [4.78, 5) is 2.55. The first-order chi connectivity index (χ1) is 7.22. The highest BCUT2D eigenvalue weighted by atomic mass is 15.1. The van der Waals surface area contributed by atoms with E-state index in [2.05, 4.69) is 44.1 Å². The minimum Gasteiger partial charge on any atom is -0.302 e. The van der Waals surface area contributed by atoms with Crippen molar-refractivity contribution in [2.75, 3.05) is 19.6 Å². The quantitative estimate of drug-likeness (QED) is 0.624. The van der Waals surface area contributed by atoms with E-state index in [1.807, 2.05) is 0 Å². The molecule has 0 aliphatic carbocycles. The molecule has 0 radical (unpaired) electrons. The van der Waals surface area contributed by atoms with Gasteiger partial charge in [0.1, 0.15) is 0 Å². The smallest absolute Gasteiger partial charge is 0.0212 e. The van der Waals surface area contributed by atoms with Crippen LogP contribution in [0.3, 0.4) is 0 Å². The Morgan fingerprint density at radius 2 is 2.00 bits per heavy atom. The van der Waals surface area contributed by atoms with Crippen molar-refractivity contribution in [3.8, 4) is 0 Å². The highest BCUT2D eigenvalue weighted by Crippen LogP contribution is 2.39. The molecule has 1 unspecified atom stereocenters. The van der Waals surface area contributed by atoms with E-state index in [-0.39, 0.29) is 5.41 Å². The third-order valence-corrected chi connectivity index (χ3v) is 3.84. The zero-order chi connectivity index (χ0) is 11.3. The molecule has 0 saturated carbocycles. The van der Waals surface area contributed by atoms with Crippen LogP contribution in [0.15, 0.2) is 25.3 Å². The summed E-state index contributed by atoms with van der Waals surface area (Å²) in [7, 11) is 0. The Labute approximate surface area is 94.9 Å². The zero-order valence-electron chi connectivity index (χ0n) is 10.3. The molecule has 1 atom stereocenters. The van der Waals surface area contributed by atoms with Crippen LogP contribution in [0.1, 0.15) is 33.1 Å². The minimum atomic E-state index is 0.155. The van der Waals surface area contributed by atoms with Gasteiger partial charge in [-0.1, -0.05) is 32.4 Å². The van der Waals surface area contributed by atoms with Crippen LogP contribution < -0.4 is 0 Å². The monoisotopic (exact) mass is 207 g/mol. The molecule has 1 saturated heterocycles. The highest BCUT2D eigenvalue weighted by molar-refractivity contribution is 5.13. The summed E-state index contributed by atoms with van der Waals surface area (Å²) < 4.78 is 0. The SMILES string of the molecule is C=CC1(C=C)CN(CCC)CCC1CC. The summed E-state index contributed by atoms with van der Waals surface area (Å²) in [5, 5.41) is 0. The average molecular weight is 207 g/mol. The molecule has 1 heterocycles. The molecular weight excluding hydrogens is 182 g/mol. The van der Waals surface area contributed by atoms with Crippen LogP contribution in [0.2, 0.25) is 0 Å². The lowest BCUT2D eigenvalue weighted by Crippen LogP contribution is -2.46. The van der Waals surface area contributed by atoms with Crippen LogP contribution in [0.4, 0.5) is 0 Å². The van der Waals surface area contributed by atoms with Crippen molar-refractivity contribution < 1.29 is 0 Å². The Bertz CT molecular complexity index is 211. The molecule has 15 heavy (non-hydrogen) atoms. The van der Waals surface area contributed by atoms with Gasteiger partial charge in [0.05, 0.1) is 0 Å². The Hall–Kier alpha value is -0.560. The molecule has 0 aromatic carbocycles. The fraction of sp³-hybridized carbons (Fsp3) is 0.714. The van der Waals surface area contributed by atoms with E-state index in [9.17, 15) is 0 Å². The van der Waals surface area contributed by atoms with Crippen molar-refractivity contribution in [2.45, 2.75) is 33.1 Å². The number of hydrogen-bond donors (Lipinski definition) is 0. The molecule has 0 N–H and O–H groups in total. The van der Waals surface area contributed by atoms with Gasteiger partial charge >= 0.3 is 0 Å². The minimum absolute atomic E-state index is 0.155. The van der Waals surface area contributed by atoms with Gasteiger partial charge in [0.25, 0.3) is 0 Å². The van der Waals surface area contributed by atoms with E-state index in [1.165, 1.54) is 32.4 Å². The maximum atomic E-state index is 4.02. The van der Waals surface area contributed by atoms with E-state index in [1.54, 1.807) is 0 Å². The topological polar surface area (TPSA) is 3.24 Å². The first-order valence-corrected chi connectivity index (χ1v) is 6.22. The van der Waals surface area contributed by atoms with Crippen LogP contribution in [0, 0.1) is 11.3 Å². The van der Waals surface area contributed by atoms with Gasteiger partial charge in [-0.25, -0.2) is 0 Å². The number of rotatable bonds is 5. The summed E-state index contributed by atoms with van der Waals surface area (Å²) in [6.45, 7) is 16.1. The van der Waals surface area contributed by atoms with Crippen LogP contribution >= 0.6 is 0 Å². The summed E-state index contributed by atoms with van der Waals surface area (Å²) in [5.41, 5.74) is 0.155. The van der Waals surface area contributed by atoms with Crippen molar-refractivity contribution in [1.82, 2.24) is 4.90 Å². The van der Waals surface area contributed by atoms with Crippen molar-refractivity contribution in [3.63, 3.8) is 0 Å². The molecule has 1 aliphatic rings. The van der Waals surface area contributed by atoms with Crippen LogP contribution in [-0.4, -0.2) is 24.5 Å². The Morgan fingerprint density at radius 1 is 1.33 bits per heavy atom. The van der Waals surface area contributed by atoms with Gasteiger partial charge in [0.15, 0.2) is 0 Å². The molecule has 0 amide bonds. The lowest BCUT2D eigenvalue weighted by molar-refractivity contribution is 0.0956. The van der Waals surface area contributed by atoms with E-state index in [4.69, 9.17) is 0 Å². The first-order valence-electron chi connectivity index (χ1n) is 6.22. The number of piperidine rings is 1. The van der Waals surface area contributed by atoms with E-state index >= 15 is 0 Å². The van der Waals surface area contributed by atoms with Crippen molar-refractivity contribution >= 4 is 0 Å². The van der Waals surface area contributed by atoms with Gasteiger partial charge in [0.2, 0.25) is 0 Å². The summed E-state index contributed by atoms with van der Waals surface area (Å²) >= 11 is 0. The van der Waals surface area contributed by atoms with Gasteiger partial charge in [-0.05, 0) is 31.8 Å². The third-order valence-electron chi connectivity index (χ3n) is 3.84. The molecule has 1 heteroatoms. The van der Waals surface area contributed by atoms with Crippen molar-refractivity contribution in [1.29, 1.82) is 0 Å². The molecule has 1 rings (SSSR count). The molecule has 0 aromatic rings. The molecule has 86 valence electrons. The van der Waals surface area contributed by atoms with Crippen LogP contribution in [-0.2, 0) is 0 Å². The molecule has 0 bridgehead atoms. The van der Waals surface area contributed by atoms with Gasteiger partial charge in [0, 0.05) is 12.0 Å². The second-order valence-corrected chi connectivity index (χ2v) is 4.69. The summed E-state index contributed by atoms with van der Waals surface area (Å²) in [5.74, 6) is 0.737. The molecule has 0 aromatic heterocycles. The standard InChI is InChI=1S/C14H25N/c1-5-10-15-11-9-13(6-2)14(7-3,8-4)12-15/h7-8,13H,3-6,9-12H2,1-2H3. The van der Waals surface area contributed by atoms with Crippen molar-refractivity contribution in [3.05, 3.63) is 25.3 Å². The summed E-state index contributed by atoms with van der Waals surface area (Å²) in [6, 6.07) is 0.